The summed E-state index contributed by atoms with van der Waals surface area (Å²) in [6, 6.07) is 8.81. The van der Waals surface area contributed by atoms with Crippen LogP contribution in [0.15, 0.2) is 30.5 Å². The number of rotatable bonds is 2. The van der Waals surface area contributed by atoms with Crippen molar-refractivity contribution in [1.29, 1.82) is 0 Å². The Bertz CT molecular complexity index is 474. The fraction of sp³-hybridized carbons (Fsp3) is 0.385. The van der Waals surface area contributed by atoms with E-state index in [1.54, 1.807) is 0 Å². The molecule has 1 heterocycles. The van der Waals surface area contributed by atoms with Crippen molar-refractivity contribution >= 4 is 10.9 Å². The largest absolute Gasteiger partial charge is 0.361 e. The third-order valence-corrected chi connectivity index (χ3v) is 3.87. The van der Waals surface area contributed by atoms with Crippen LogP contribution in [0, 0.1) is 0 Å². The summed E-state index contributed by atoms with van der Waals surface area (Å²) in [5.41, 5.74) is 8.83. The van der Waals surface area contributed by atoms with Crippen LogP contribution in [0.4, 0.5) is 0 Å². The van der Waals surface area contributed by atoms with Crippen molar-refractivity contribution in [2.45, 2.75) is 24.7 Å². The number of hydrogen-bond donors (Lipinski definition) is 2. The molecule has 2 heteroatoms. The van der Waals surface area contributed by atoms with Gasteiger partial charge in [0.05, 0.1) is 0 Å². The molecule has 2 aromatic rings. The first-order valence-electron chi connectivity index (χ1n) is 5.62. The third-order valence-electron chi connectivity index (χ3n) is 3.87. The number of H-pyrrole nitrogens is 1. The zero-order valence-corrected chi connectivity index (χ0v) is 8.79. The predicted molar refractivity (Wildman–Crippen MR) is 62.9 cm³/mol. The maximum absolute atomic E-state index is 5.91. The summed E-state index contributed by atoms with van der Waals surface area (Å²) >= 11 is 0. The van der Waals surface area contributed by atoms with E-state index in [9.17, 15) is 0 Å². The Morgan fingerprint density at radius 1 is 1.27 bits per heavy atom. The summed E-state index contributed by atoms with van der Waals surface area (Å²) in [6.07, 6.45) is 5.81. The minimum atomic E-state index is 0.283. The Morgan fingerprint density at radius 2 is 2.13 bits per heavy atom. The van der Waals surface area contributed by atoms with Gasteiger partial charge < -0.3 is 10.7 Å². The van der Waals surface area contributed by atoms with E-state index in [4.69, 9.17) is 5.73 Å². The van der Waals surface area contributed by atoms with Crippen molar-refractivity contribution in [2.75, 3.05) is 6.54 Å². The summed E-state index contributed by atoms with van der Waals surface area (Å²) < 4.78 is 0. The van der Waals surface area contributed by atoms with E-state index in [0.29, 0.717) is 0 Å². The Morgan fingerprint density at radius 3 is 2.80 bits per heavy atom. The molecule has 0 bridgehead atoms. The quantitative estimate of drug-likeness (QED) is 0.768. The topological polar surface area (TPSA) is 41.8 Å². The lowest BCUT2D eigenvalue weighted by atomic mass is 9.64. The summed E-state index contributed by atoms with van der Waals surface area (Å²) in [6.45, 7) is 0.781. The molecule has 0 spiro atoms. The summed E-state index contributed by atoms with van der Waals surface area (Å²) in [5.74, 6) is 0. The second kappa shape index (κ2) is 3.11. The second-order valence-electron chi connectivity index (χ2n) is 4.62. The molecule has 1 aromatic heterocycles. The standard InChI is InChI=1S/C13H16N2/c14-9-13(5-1-6-13)11-2-3-12-10(8-11)4-7-15-12/h2-4,7-8,15H,1,5-6,9,14H2. The average molecular weight is 200 g/mol. The highest BCUT2D eigenvalue weighted by molar-refractivity contribution is 5.80. The minimum absolute atomic E-state index is 0.283. The number of nitrogens with two attached hydrogens (primary N) is 1. The zero-order chi connectivity index (χ0) is 10.3. The summed E-state index contributed by atoms with van der Waals surface area (Å²) in [7, 11) is 0. The first-order valence-corrected chi connectivity index (χ1v) is 5.62. The van der Waals surface area contributed by atoms with Crippen LogP contribution in [-0.4, -0.2) is 11.5 Å². The number of hydrogen-bond acceptors (Lipinski definition) is 1. The van der Waals surface area contributed by atoms with E-state index >= 15 is 0 Å². The molecule has 0 amide bonds. The lowest BCUT2D eigenvalue weighted by Crippen LogP contribution is -2.41. The molecule has 0 radical (unpaired) electrons. The Hall–Kier alpha value is -1.28. The molecular weight excluding hydrogens is 184 g/mol. The van der Waals surface area contributed by atoms with Gasteiger partial charge in [0.2, 0.25) is 0 Å². The molecule has 2 nitrogen and oxygen atoms in total. The van der Waals surface area contributed by atoms with E-state index in [-0.39, 0.29) is 5.41 Å². The lowest BCUT2D eigenvalue weighted by Gasteiger charge is -2.41. The van der Waals surface area contributed by atoms with Gasteiger partial charge in [0, 0.05) is 23.7 Å². The van der Waals surface area contributed by atoms with Crippen molar-refractivity contribution in [3.8, 4) is 0 Å². The van der Waals surface area contributed by atoms with E-state index < -0.39 is 0 Å². The van der Waals surface area contributed by atoms with Crippen LogP contribution in [0.2, 0.25) is 0 Å². The van der Waals surface area contributed by atoms with Gasteiger partial charge >= 0.3 is 0 Å². The number of benzene rings is 1. The van der Waals surface area contributed by atoms with Gasteiger partial charge in [0.25, 0.3) is 0 Å². The minimum Gasteiger partial charge on any atom is -0.361 e. The maximum Gasteiger partial charge on any atom is 0.0454 e. The van der Waals surface area contributed by atoms with E-state index in [1.807, 2.05) is 6.20 Å². The predicted octanol–water partition coefficient (Wildman–Crippen LogP) is 2.55. The first kappa shape index (κ1) is 8.98. The summed E-state index contributed by atoms with van der Waals surface area (Å²) in [4.78, 5) is 3.22. The highest BCUT2D eigenvalue weighted by Crippen LogP contribution is 2.43. The van der Waals surface area contributed by atoms with Gasteiger partial charge in [-0.1, -0.05) is 12.5 Å². The molecule has 15 heavy (non-hydrogen) atoms. The zero-order valence-electron chi connectivity index (χ0n) is 8.79. The van der Waals surface area contributed by atoms with Crippen LogP contribution in [0.1, 0.15) is 24.8 Å². The van der Waals surface area contributed by atoms with Crippen LogP contribution in [0.25, 0.3) is 10.9 Å². The smallest absolute Gasteiger partial charge is 0.0454 e. The third kappa shape index (κ3) is 1.21. The van der Waals surface area contributed by atoms with Crippen molar-refractivity contribution in [3.05, 3.63) is 36.0 Å². The average Bonchev–Trinajstić information content (AvgIpc) is 2.64. The number of nitrogens with one attached hydrogen (secondary N) is 1. The van der Waals surface area contributed by atoms with Crippen LogP contribution in [0.5, 0.6) is 0 Å². The van der Waals surface area contributed by atoms with Gasteiger partial charge in [0.1, 0.15) is 0 Å². The number of aromatic nitrogens is 1. The van der Waals surface area contributed by atoms with Crippen LogP contribution in [0.3, 0.4) is 0 Å². The fourth-order valence-electron chi connectivity index (χ4n) is 2.60. The normalized spacial score (nSPS) is 19.0. The van der Waals surface area contributed by atoms with Gasteiger partial charge in [-0.15, -0.1) is 0 Å². The van der Waals surface area contributed by atoms with Gasteiger partial charge in [-0.05, 0) is 42.0 Å². The molecule has 78 valence electrons. The van der Waals surface area contributed by atoms with E-state index in [2.05, 4.69) is 29.2 Å². The molecular formula is C13H16N2. The molecule has 3 N–H and O–H groups in total. The van der Waals surface area contributed by atoms with Crippen molar-refractivity contribution in [1.82, 2.24) is 4.98 Å². The Labute approximate surface area is 89.5 Å². The SMILES string of the molecule is NCC1(c2ccc3[nH]ccc3c2)CCC1. The first-order chi connectivity index (χ1) is 7.34. The molecule has 1 fully saturated rings. The van der Waals surface area contributed by atoms with Gasteiger partial charge in [0.15, 0.2) is 0 Å². The molecule has 0 saturated heterocycles. The molecule has 1 aromatic carbocycles. The molecule has 3 rings (SSSR count). The molecule has 1 aliphatic carbocycles. The number of fused-ring (bicyclic) bond motifs is 1. The molecule has 1 saturated carbocycles. The van der Waals surface area contributed by atoms with E-state index in [0.717, 1.165) is 6.54 Å². The summed E-state index contributed by atoms with van der Waals surface area (Å²) in [5, 5.41) is 1.30. The molecule has 0 aliphatic heterocycles. The van der Waals surface area contributed by atoms with Crippen LogP contribution < -0.4 is 5.73 Å². The Kier molecular flexibility index (Phi) is 1.86. The van der Waals surface area contributed by atoms with Gasteiger partial charge in [-0.25, -0.2) is 0 Å². The van der Waals surface area contributed by atoms with Crippen LogP contribution in [-0.2, 0) is 5.41 Å². The monoisotopic (exact) mass is 200 g/mol. The van der Waals surface area contributed by atoms with Crippen molar-refractivity contribution < 1.29 is 0 Å². The van der Waals surface area contributed by atoms with Gasteiger partial charge in [-0.2, -0.15) is 0 Å². The molecule has 0 atom stereocenters. The van der Waals surface area contributed by atoms with Crippen LogP contribution >= 0.6 is 0 Å². The highest BCUT2D eigenvalue weighted by atomic mass is 14.7. The van der Waals surface area contributed by atoms with Crippen molar-refractivity contribution in [2.24, 2.45) is 5.73 Å². The molecule has 1 aliphatic rings. The Balaban J connectivity index is 2.10. The van der Waals surface area contributed by atoms with E-state index in [1.165, 1.54) is 35.7 Å². The highest BCUT2D eigenvalue weighted by Gasteiger charge is 2.37. The maximum atomic E-state index is 5.91. The molecule has 0 unspecified atom stereocenters. The second-order valence-corrected chi connectivity index (χ2v) is 4.62. The number of aromatic amines is 1. The van der Waals surface area contributed by atoms with Crippen molar-refractivity contribution in [3.63, 3.8) is 0 Å². The lowest BCUT2D eigenvalue weighted by molar-refractivity contribution is 0.253. The van der Waals surface area contributed by atoms with Gasteiger partial charge in [-0.3, -0.25) is 0 Å². The fourth-order valence-corrected chi connectivity index (χ4v) is 2.60.